The summed E-state index contributed by atoms with van der Waals surface area (Å²) in [6, 6.07) is 23.2. The molecule has 0 spiro atoms. The number of hydrogen-bond acceptors (Lipinski definition) is 6. The molecule has 2 aromatic carbocycles. The standard InChI is InChI=1S/C27H16FN7OS/c28-17-10-8-16(9-11-17)24-25(34-14-4-3-7-22(34)32-24)19-12-13-23-30-21(15-35(23)33-19)31-26(36)27-29-18-5-1-2-6-20(18)37-27/h1-15H,(H,31,36). The molecule has 0 aliphatic heterocycles. The number of aromatic nitrogens is 6. The SMILES string of the molecule is O=C(Nc1cn2nc(-c3c(-c4ccc(F)cc4)nc4ccccn34)ccc2n1)c1nc2ccccc2s1. The van der Waals surface area contributed by atoms with E-state index in [0.717, 1.165) is 27.1 Å². The topological polar surface area (TPSA) is 89.5 Å². The van der Waals surface area contributed by atoms with Crippen molar-refractivity contribution in [2.24, 2.45) is 0 Å². The van der Waals surface area contributed by atoms with E-state index in [0.29, 0.717) is 27.9 Å². The third kappa shape index (κ3) is 3.71. The van der Waals surface area contributed by atoms with Crippen LogP contribution in [-0.4, -0.2) is 34.9 Å². The molecule has 1 amide bonds. The number of benzene rings is 2. The van der Waals surface area contributed by atoms with Gasteiger partial charge >= 0.3 is 0 Å². The lowest BCUT2D eigenvalue weighted by Gasteiger charge is -2.05. The van der Waals surface area contributed by atoms with Crippen LogP contribution >= 0.6 is 11.3 Å². The zero-order valence-electron chi connectivity index (χ0n) is 19.0. The van der Waals surface area contributed by atoms with Crippen LogP contribution < -0.4 is 5.32 Å². The number of para-hydroxylation sites is 1. The predicted octanol–water partition coefficient (Wildman–Crippen LogP) is 5.71. The van der Waals surface area contributed by atoms with Crippen LogP contribution in [0.25, 0.3) is 44.2 Å². The van der Waals surface area contributed by atoms with Gasteiger partial charge in [0.25, 0.3) is 5.91 Å². The molecule has 0 aliphatic rings. The predicted molar refractivity (Wildman–Crippen MR) is 140 cm³/mol. The summed E-state index contributed by atoms with van der Waals surface area (Å²) in [7, 11) is 0. The molecular weight excluding hydrogens is 489 g/mol. The summed E-state index contributed by atoms with van der Waals surface area (Å²) in [4.78, 5) is 26.5. The number of amides is 1. The fourth-order valence-electron chi connectivity index (χ4n) is 4.26. The highest BCUT2D eigenvalue weighted by molar-refractivity contribution is 7.20. The van der Waals surface area contributed by atoms with Gasteiger partial charge in [-0.25, -0.2) is 23.9 Å². The number of hydrogen-bond donors (Lipinski definition) is 1. The van der Waals surface area contributed by atoms with Gasteiger partial charge < -0.3 is 5.32 Å². The Morgan fingerprint density at radius 2 is 1.70 bits per heavy atom. The first-order valence-electron chi connectivity index (χ1n) is 11.4. The third-order valence-electron chi connectivity index (χ3n) is 5.94. The number of carbonyl (C=O) groups excluding carboxylic acids is 1. The van der Waals surface area contributed by atoms with E-state index >= 15 is 0 Å². The first-order chi connectivity index (χ1) is 18.1. The molecule has 5 aromatic heterocycles. The van der Waals surface area contributed by atoms with E-state index in [1.54, 1.807) is 22.8 Å². The number of rotatable bonds is 4. The average Bonchev–Trinajstić information content (AvgIpc) is 3.63. The molecule has 1 N–H and O–H groups in total. The molecule has 0 aliphatic carbocycles. The Morgan fingerprint density at radius 1 is 0.865 bits per heavy atom. The van der Waals surface area contributed by atoms with E-state index in [2.05, 4.69) is 15.3 Å². The highest BCUT2D eigenvalue weighted by Gasteiger charge is 2.19. The summed E-state index contributed by atoms with van der Waals surface area (Å²) in [5.41, 5.74) is 4.96. The van der Waals surface area contributed by atoms with Crippen molar-refractivity contribution in [2.75, 3.05) is 5.32 Å². The molecule has 0 fully saturated rings. The van der Waals surface area contributed by atoms with Gasteiger partial charge in [-0.3, -0.25) is 9.20 Å². The molecule has 0 bridgehead atoms. The van der Waals surface area contributed by atoms with E-state index in [9.17, 15) is 9.18 Å². The van der Waals surface area contributed by atoms with Crippen molar-refractivity contribution in [1.29, 1.82) is 0 Å². The van der Waals surface area contributed by atoms with Crippen molar-refractivity contribution in [1.82, 2.24) is 29.0 Å². The number of nitrogens with one attached hydrogen (secondary N) is 1. The summed E-state index contributed by atoms with van der Waals surface area (Å²) in [5, 5.41) is 7.94. The van der Waals surface area contributed by atoms with E-state index in [-0.39, 0.29) is 11.7 Å². The molecule has 7 aromatic rings. The fourth-order valence-corrected chi connectivity index (χ4v) is 5.12. The second-order valence-electron chi connectivity index (χ2n) is 8.33. The number of anilines is 1. The highest BCUT2D eigenvalue weighted by atomic mass is 32.1. The van der Waals surface area contributed by atoms with Gasteiger partial charge in [-0.2, -0.15) is 5.10 Å². The van der Waals surface area contributed by atoms with Gasteiger partial charge in [0.15, 0.2) is 16.5 Å². The van der Waals surface area contributed by atoms with Crippen LogP contribution in [0.4, 0.5) is 10.2 Å². The van der Waals surface area contributed by atoms with Crippen molar-refractivity contribution in [3.05, 3.63) is 102 Å². The van der Waals surface area contributed by atoms with Crippen molar-refractivity contribution in [2.45, 2.75) is 0 Å². The molecule has 37 heavy (non-hydrogen) atoms. The minimum absolute atomic E-state index is 0.313. The number of halogens is 1. The molecular formula is C27H16FN7OS. The van der Waals surface area contributed by atoms with Crippen LogP contribution in [0, 0.1) is 5.82 Å². The first kappa shape index (κ1) is 21.3. The van der Waals surface area contributed by atoms with Gasteiger partial charge in [0.2, 0.25) is 0 Å². The molecule has 5 heterocycles. The van der Waals surface area contributed by atoms with E-state index < -0.39 is 0 Å². The molecule has 7 rings (SSSR count). The number of carbonyl (C=O) groups is 1. The van der Waals surface area contributed by atoms with Crippen LogP contribution in [0.15, 0.2) is 91.3 Å². The monoisotopic (exact) mass is 505 g/mol. The van der Waals surface area contributed by atoms with E-state index in [1.165, 1.54) is 23.5 Å². The summed E-state index contributed by atoms with van der Waals surface area (Å²) in [5.74, 6) is -0.275. The Labute approximate surface area is 212 Å². The maximum absolute atomic E-state index is 13.6. The van der Waals surface area contributed by atoms with Gasteiger partial charge in [-0.15, -0.1) is 11.3 Å². The Balaban J connectivity index is 1.27. The Kier molecular flexibility index (Phi) is 4.79. The second-order valence-corrected chi connectivity index (χ2v) is 9.36. The lowest BCUT2D eigenvalue weighted by Crippen LogP contribution is -2.11. The number of fused-ring (bicyclic) bond motifs is 3. The van der Waals surface area contributed by atoms with Crippen molar-refractivity contribution in [3.8, 4) is 22.6 Å². The van der Waals surface area contributed by atoms with Crippen molar-refractivity contribution in [3.63, 3.8) is 0 Å². The van der Waals surface area contributed by atoms with Crippen LogP contribution in [-0.2, 0) is 0 Å². The lowest BCUT2D eigenvalue weighted by molar-refractivity contribution is 0.102. The molecule has 0 atom stereocenters. The number of nitrogens with zero attached hydrogens (tertiary/aromatic N) is 6. The molecule has 0 radical (unpaired) electrons. The Morgan fingerprint density at radius 3 is 2.57 bits per heavy atom. The highest BCUT2D eigenvalue weighted by Crippen LogP contribution is 2.32. The maximum atomic E-state index is 13.6. The van der Waals surface area contributed by atoms with Gasteiger partial charge in [0.1, 0.15) is 22.9 Å². The number of imidazole rings is 2. The first-order valence-corrected chi connectivity index (χ1v) is 12.2. The van der Waals surface area contributed by atoms with Crippen LogP contribution in [0.3, 0.4) is 0 Å². The lowest BCUT2D eigenvalue weighted by atomic mass is 10.1. The fraction of sp³-hybridized carbons (Fsp3) is 0. The number of pyridine rings is 1. The summed E-state index contributed by atoms with van der Waals surface area (Å²) < 4.78 is 18.1. The zero-order valence-corrected chi connectivity index (χ0v) is 19.9. The van der Waals surface area contributed by atoms with Crippen LogP contribution in [0.5, 0.6) is 0 Å². The van der Waals surface area contributed by atoms with Gasteiger partial charge in [0, 0.05) is 11.8 Å². The quantitative estimate of drug-likeness (QED) is 0.331. The van der Waals surface area contributed by atoms with Crippen molar-refractivity contribution < 1.29 is 9.18 Å². The average molecular weight is 506 g/mol. The van der Waals surface area contributed by atoms with Gasteiger partial charge in [-0.05, 0) is 60.7 Å². The molecule has 8 nitrogen and oxygen atoms in total. The summed E-state index contributed by atoms with van der Waals surface area (Å²) in [6.45, 7) is 0. The second kappa shape index (κ2) is 8.32. The molecule has 0 unspecified atom stereocenters. The van der Waals surface area contributed by atoms with Gasteiger partial charge in [0.05, 0.1) is 22.1 Å². The summed E-state index contributed by atoms with van der Waals surface area (Å²) in [6.07, 6.45) is 3.57. The molecule has 0 saturated heterocycles. The number of thiazole rings is 1. The smallest absolute Gasteiger partial charge is 0.285 e. The minimum atomic E-state index is -0.329. The maximum Gasteiger partial charge on any atom is 0.285 e. The Hall–Kier alpha value is -4.96. The zero-order chi connectivity index (χ0) is 24.9. The molecule has 0 saturated carbocycles. The normalized spacial score (nSPS) is 11.5. The van der Waals surface area contributed by atoms with E-state index in [4.69, 9.17) is 10.1 Å². The van der Waals surface area contributed by atoms with Gasteiger partial charge in [-0.1, -0.05) is 18.2 Å². The minimum Gasteiger partial charge on any atom is -0.303 e. The third-order valence-corrected chi connectivity index (χ3v) is 6.98. The molecule has 178 valence electrons. The Bertz CT molecular complexity index is 1920. The van der Waals surface area contributed by atoms with Crippen LogP contribution in [0.2, 0.25) is 0 Å². The van der Waals surface area contributed by atoms with Crippen LogP contribution in [0.1, 0.15) is 9.80 Å². The van der Waals surface area contributed by atoms with E-state index in [1.807, 2.05) is 65.2 Å². The summed E-state index contributed by atoms with van der Waals surface area (Å²) >= 11 is 1.33. The molecule has 10 heteroatoms. The van der Waals surface area contributed by atoms with Crippen molar-refractivity contribution >= 4 is 44.6 Å². The largest absolute Gasteiger partial charge is 0.303 e.